The van der Waals surface area contributed by atoms with E-state index in [1.54, 1.807) is 25.2 Å². The quantitative estimate of drug-likeness (QED) is 0.711. The Hall–Kier alpha value is -1.39. The van der Waals surface area contributed by atoms with Gasteiger partial charge in [0.1, 0.15) is 5.41 Å². The number of nitrogens with zero attached hydrogens (tertiary/aromatic N) is 1. The molecule has 4 heteroatoms. The van der Waals surface area contributed by atoms with Crippen LogP contribution in [0.1, 0.15) is 5.56 Å². The summed E-state index contributed by atoms with van der Waals surface area (Å²) in [6, 6.07) is 7.20. The zero-order valence-corrected chi connectivity index (χ0v) is 8.47. The maximum Gasteiger partial charge on any atom is 0.242 e. The van der Waals surface area contributed by atoms with Crippen LogP contribution in [0.25, 0.3) is 0 Å². The summed E-state index contributed by atoms with van der Waals surface area (Å²) in [6.45, 7) is -0.743. The molecule has 80 valence electrons. The molecule has 2 rings (SSSR count). The highest BCUT2D eigenvalue weighted by Crippen LogP contribution is 2.40. The fourth-order valence-electron chi connectivity index (χ4n) is 2.07. The van der Waals surface area contributed by atoms with E-state index in [1.807, 2.05) is 6.07 Å². The molecule has 1 aliphatic heterocycles. The van der Waals surface area contributed by atoms with Gasteiger partial charge in [-0.15, -0.1) is 0 Å². The molecule has 0 saturated heterocycles. The summed E-state index contributed by atoms with van der Waals surface area (Å²) in [4.78, 5) is 13.4. The first-order chi connectivity index (χ1) is 7.17. The van der Waals surface area contributed by atoms with Crippen LogP contribution in [0.2, 0.25) is 0 Å². The smallest absolute Gasteiger partial charge is 0.242 e. The summed E-state index contributed by atoms with van der Waals surface area (Å²) < 4.78 is 0. The van der Waals surface area contributed by atoms with E-state index in [0.717, 1.165) is 5.69 Å². The molecule has 1 heterocycles. The summed E-state index contributed by atoms with van der Waals surface area (Å²) >= 11 is 0. The van der Waals surface area contributed by atoms with Gasteiger partial charge >= 0.3 is 0 Å². The van der Waals surface area contributed by atoms with E-state index in [9.17, 15) is 15.0 Å². The van der Waals surface area contributed by atoms with E-state index >= 15 is 0 Å². The van der Waals surface area contributed by atoms with E-state index in [1.165, 1.54) is 4.90 Å². The molecule has 0 radical (unpaired) electrons. The fraction of sp³-hybridized carbons (Fsp3) is 0.364. The molecule has 0 spiro atoms. The number of fused-ring (bicyclic) bond motifs is 1. The molecule has 0 aliphatic carbocycles. The predicted molar refractivity (Wildman–Crippen MR) is 55.7 cm³/mol. The minimum atomic E-state index is -1.16. The lowest BCUT2D eigenvalue weighted by Gasteiger charge is -2.22. The largest absolute Gasteiger partial charge is 0.395 e. The number of likely N-dealkylation sites (N-methyl/N-ethyl adjacent to an activating group) is 1. The van der Waals surface area contributed by atoms with E-state index in [0.29, 0.717) is 5.56 Å². The zero-order chi connectivity index (χ0) is 11.1. The number of para-hydroxylation sites is 1. The van der Waals surface area contributed by atoms with Crippen molar-refractivity contribution in [3.05, 3.63) is 29.8 Å². The zero-order valence-electron chi connectivity index (χ0n) is 8.47. The second-order valence-electron chi connectivity index (χ2n) is 3.78. The van der Waals surface area contributed by atoms with Gasteiger partial charge in [0.25, 0.3) is 0 Å². The van der Waals surface area contributed by atoms with Crippen LogP contribution in [-0.2, 0) is 10.2 Å². The molecule has 2 N–H and O–H groups in total. The summed E-state index contributed by atoms with van der Waals surface area (Å²) in [6.07, 6.45) is 0. The molecule has 1 aliphatic rings. The molecular formula is C11H13NO3. The predicted octanol–water partition coefficient (Wildman–Crippen LogP) is -0.115. The molecule has 1 aromatic rings. The van der Waals surface area contributed by atoms with Gasteiger partial charge in [0, 0.05) is 12.7 Å². The van der Waals surface area contributed by atoms with Crippen LogP contribution in [0, 0.1) is 0 Å². The SMILES string of the molecule is CN1C(=O)C(CO)(CO)c2ccccc21. The van der Waals surface area contributed by atoms with Crippen LogP contribution in [0.5, 0.6) is 0 Å². The second kappa shape index (κ2) is 3.32. The van der Waals surface area contributed by atoms with Crippen molar-refractivity contribution in [2.75, 3.05) is 25.2 Å². The van der Waals surface area contributed by atoms with E-state index in [2.05, 4.69) is 0 Å². The fourth-order valence-corrected chi connectivity index (χ4v) is 2.07. The summed E-state index contributed by atoms with van der Waals surface area (Å²) in [5, 5.41) is 18.7. The van der Waals surface area contributed by atoms with Gasteiger partial charge in [-0.05, 0) is 11.6 Å². The van der Waals surface area contributed by atoms with Gasteiger partial charge in [0.15, 0.2) is 0 Å². The molecule has 0 atom stereocenters. The topological polar surface area (TPSA) is 60.8 Å². The Morgan fingerprint density at radius 1 is 1.27 bits per heavy atom. The lowest BCUT2D eigenvalue weighted by Crippen LogP contribution is -2.44. The molecule has 1 amide bonds. The van der Waals surface area contributed by atoms with Gasteiger partial charge in [0.2, 0.25) is 5.91 Å². The molecule has 1 aromatic carbocycles. The van der Waals surface area contributed by atoms with Gasteiger partial charge in [-0.1, -0.05) is 18.2 Å². The Labute approximate surface area is 87.8 Å². The maximum absolute atomic E-state index is 12.0. The highest BCUT2D eigenvalue weighted by molar-refractivity contribution is 6.08. The van der Waals surface area contributed by atoms with Crippen molar-refractivity contribution in [1.29, 1.82) is 0 Å². The number of aliphatic hydroxyl groups excluding tert-OH is 2. The Bertz CT molecular complexity index is 399. The third kappa shape index (κ3) is 1.12. The van der Waals surface area contributed by atoms with E-state index in [-0.39, 0.29) is 19.1 Å². The Balaban J connectivity index is 2.65. The Kier molecular flexibility index (Phi) is 2.25. The first kappa shape index (κ1) is 10.1. The number of anilines is 1. The molecular weight excluding hydrogens is 194 g/mol. The first-order valence-electron chi connectivity index (χ1n) is 4.77. The van der Waals surface area contributed by atoms with Gasteiger partial charge in [-0.3, -0.25) is 4.79 Å². The highest BCUT2D eigenvalue weighted by atomic mass is 16.3. The minimum Gasteiger partial charge on any atom is -0.395 e. The molecule has 4 nitrogen and oxygen atoms in total. The van der Waals surface area contributed by atoms with Crippen molar-refractivity contribution in [1.82, 2.24) is 0 Å². The molecule has 15 heavy (non-hydrogen) atoms. The third-order valence-electron chi connectivity index (χ3n) is 3.03. The number of carbonyl (C=O) groups excluding carboxylic acids is 1. The van der Waals surface area contributed by atoms with Gasteiger partial charge in [-0.25, -0.2) is 0 Å². The van der Waals surface area contributed by atoms with Crippen molar-refractivity contribution >= 4 is 11.6 Å². The molecule has 0 bridgehead atoms. The number of amides is 1. The van der Waals surface area contributed by atoms with E-state index < -0.39 is 5.41 Å². The van der Waals surface area contributed by atoms with Crippen molar-refractivity contribution < 1.29 is 15.0 Å². The van der Waals surface area contributed by atoms with Crippen LogP contribution in [0.4, 0.5) is 5.69 Å². The summed E-state index contributed by atoms with van der Waals surface area (Å²) in [7, 11) is 1.65. The number of hydrogen-bond donors (Lipinski definition) is 2. The number of benzene rings is 1. The van der Waals surface area contributed by atoms with Crippen LogP contribution in [0.3, 0.4) is 0 Å². The number of aliphatic hydroxyl groups is 2. The van der Waals surface area contributed by atoms with Crippen LogP contribution in [0.15, 0.2) is 24.3 Å². The second-order valence-corrected chi connectivity index (χ2v) is 3.78. The van der Waals surface area contributed by atoms with Crippen molar-refractivity contribution in [2.45, 2.75) is 5.41 Å². The Morgan fingerprint density at radius 2 is 1.87 bits per heavy atom. The monoisotopic (exact) mass is 207 g/mol. The van der Waals surface area contributed by atoms with Crippen LogP contribution < -0.4 is 4.90 Å². The average molecular weight is 207 g/mol. The lowest BCUT2D eigenvalue weighted by atomic mass is 9.83. The Morgan fingerprint density at radius 3 is 2.47 bits per heavy atom. The number of carbonyl (C=O) groups is 1. The van der Waals surface area contributed by atoms with Gasteiger partial charge in [0.05, 0.1) is 13.2 Å². The lowest BCUT2D eigenvalue weighted by molar-refractivity contribution is -0.125. The summed E-state index contributed by atoms with van der Waals surface area (Å²) in [5.41, 5.74) is 0.291. The highest BCUT2D eigenvalue weighted by Gasteiger charge is 2.48. The van der Waals surface area contributed by atoms with Crippen molar-refractivity contribution in [3.8, 4) is 0 Å². The standard InChI is InChI=1S/C11H13NO3/c1-12-9-5-3-2-4-8(9)11(6-13,7-14)10(12)15/h2-5,13-14H,6-7H2,1H3. The number of hydrogen-bond acceptors (Lipinski definition) is 3. The normalized spacial score (nSPS) is 18.1. The molecule has 0 unspecified atom stereocenters. The number of rotatable bonds is 2. The van der Waals surface area contributed by atoms with Crippen LogP contribution in [-0.4, -0.2) is 36.4 Å². The summed E-state index contributed by atoms with van der Waals surface area (Å²) in [5.74, 6) is -0.256. The van der Waals surface area contributed by atoms with Crippen molar-refractivity contribution in [2.24, 2.45) is 0 Å². The maximum atomic E-state index is 12.0. The molecule has 0 aromatic heterocycles. The van der Waals surface area contributed by atoms with Gasteiger partial charge < -0.3 is 15.1 Å². The molecule has 0 fully saturated rings. The van der Waals surface area contributed by atoms with Crippen LogP contribution >= 0.6 is 0 Å². The van der Waals surface area contributed by atoms with Gasteiger partial charge in [-0.2, -0.15) is 0 Å². The average Bonchev–Trinajstić information content (AvgIpc) is 2.51. The minimum absolute atomic E-state index is 0.256. The first-order valence-corrected chi connectivity index (χ1v) is 4.77. The molecule has 0 saturated carbocycles. The third-order valence-corrected chi connectivity index (χ3v) is 3.03. The van der Waals surface area contributed by atoms with Crippen molar-refractivity contribution in [3.63, 3.8) is 0 Å². The van der Waals surface area contributed by atoms with E-state index in [4.69, 9.17) is 0 Å².